The second kappa shape index (κ2) is 5.69. The van der Waals surface area contributed by atoms with Crippen LogP contribution >= 0.6 is 11.3 Å². The fourth-order valence-electron chi connectivity index (χ4n) is 3.16. The number of fused-ring (bicyclic) bond motifs is 1. The minimum Gasteiger partial charge on any atom is -0.353 e. The summed E-state index contributed by atoms with van der Waals surface area (Å²) in [6.45, 7) is 3.64. The number of hydrogen-bond donors (Lipinski definition) is 2. The fraction of sp³-hybridized carbons (Fsp3) is 0.714. The highest BCUT2D eigenvalue weighted by Gasteiger charge is 2.32. The molecule has 1 aliphatic carbocycles. The second-order valence-corrected chi connectivity index (χ2v) is 6.51. The number of amides is 1. The van der Waals surface area contributed by atoms with E-state index in [2.05, 4.69) is 22.5 Å². The maximum absolute atomic E-state index is 12.0. The van der Waals surface area contributed by atoms with Gasteiger partial charge in [0.15, 0.2) is 5.13 Å². The van der Waals surface area contributed by atoms with Crippen LogP contribution in [0, 0.1) is 0 Å². The van der Waals surface area contributed by atoms with Crippen LogP contribution in [0.5, 0.6) is 0 Å². The fourth-order valence-corrected chi connectivity index (χ4v) is 4.40. The summed E-state index contributed by atoms with van der Waals surface area (Å²) in [4.78, 5) is 20.4. The van der Waals surface area contributed by atoms with E-state index in [4.69, 9.17) is 4.98 Å². The molecule has 0 bridgehead atoms. The van der Waals surface area contributed by atoms with Gasteiger partial charge in [0.2, 0.25) is 5.91 Å². The molecule has 2 aliphatic rings. The van der Waals surface area contributed by atoms with Gasteiger partial charge in [0, 0.05) is 18.0 Å². The number of piperazine rings is 1. The van der Waals surface area contributed by atoms with Crippen LogP contribution in [0.25, 0.3) is 0 Å². The Hall–Kier alpha value is -1.14. The Morgan fingerprint density at radius 2 is 2.40 bits per heavy atom. The van der Waals surface area contributed by atoms with Gasteiger partial charge in [-0.25, -0.2) is 4.98 Å². The lowest BCUT2D eigenvalue weighted by Gasteiger charge is -2.34. The Kier molecular flexibility index (Phi) is 3.94. The van der Waals surface area contributed by atoms with E-state index in [0.29, 0.717) is 6.04 Å². The molecular formula is C14H22N4OS. The summed E-state index contributed by atoms with van der Waals surface area (Å²) in [5, 5.41) is 7.33. The lowest BCUT2D eigenvalue weighted by molar-refractivity contribution is -0.123. The molecule has 0 saturated carbocycles. The Balaban J connectivity index is 1.90. The van der Waals surface area contributed by atoms with Crippen molar-refractivity contribution in [2.24, 2.45) is 0 Å². The standard InChI is InChI=1S/C14H22N4OS/c1-3-10-13(19)16-7-8-18(10)14-17-12-9(15-2)5-4-6-11(12)20-14/h9-10,15H,3-8H2,1-2H3,(H,16,19). The number of aromatic nitrogens is 1. The van der Waals surface area contributed by atoms with E-state index >= 15 is 0 Å². The van der Waals surface area contributed by atoms with E-state index < -0.39 is 0 Å². The molecule has 1 aliphatic heterocycles. The van der Waals surface area contributed by atoms with Gasteiger partial charge in [-0.15, -0.1) is 11.3 Å². The van der Waals surface area contributed by atoms with Crippen molar-refractivity contribution in [2.75, 3.05) is 25.0 Å². The van der Waals surface area contributed by atoms with Gasteiger partial charge < -0.3 is 15.5 Å². The predicted molar refractivity (Wildman–Crippen MR) is 81.3 cm³/mol. The molecule has 2 unspecified atom stereocenters. The Morgan fingerprint density at radius 1 is 1.55 bits per heavy atom. The number of carbonyl (C=O) groups is 1. The first-order chi connectivity index (χ1) is 9.74. The first-order valence-corrected chi connectivity index (χ1v) is 8.27. The van der Waals surface area contributed by atoms with Gasteiger partial charge in [-0.05, 0) is 32.7 Å². The summed E-state index contributed by atoms with van der Waals surface area (Å²) in [6, 6.07) is 0.312. The molecule has 1 amide bonds. The normalized spacial score (nSPS) is 26.3. The first kappa shape index (κ1) is 13.8. The van der Waals surface area contributed by atoms with E-state index in [1.165, 1.54) is 17.0 Å². The van der Waals surface area contributed by atoms with Crippen molar-refractivity contribution >= 4 is 22.4 Å². The van der Waals surface area contributed by atoms with Crippen molar-refractivity contribution in [3.63, 3.8) is 0 Å². The molecule has 0 aromatic carbocycles. The molecule has 6 heteroatoms. The number of thiazole rings is 1. The molecule has 2 atom stereocenters. The minimum absolute atomic E-state index is 0.0654. The number of nitrogens with zero attached hydrogens (tertiary/aromatic N) is 2. The molecule has 110 valence electrons. The topological polar surface area (TPSA) is 57.3 Å². The SMILES string of the molecule is CCC1C(=O)NCCN1c1nc2c(s1)CCCC2NC. The molecule has 2 heterocycles. The van der Waals surface area contributed by atoms with E-state index in [0.717, 1.165) is 37.5 Å². The molecule has 1 saturated heterocycles. The summed E-state index contributed by atoms with van der Waals surface area (Å²) < 4.78 is 0. The van der Waals surface area contributed by atoms with Crippen molar-refractivity contribution in [2.45, 2.75) is 44.7 Å². The number of anilines is 1. The highest BCUT2D eigenvalue weighted by Crippen LogP contribution is 2.37. The number of aryl methyl sites for hydroxylation is 1. The molecule has 5 nitrogen and oxygen atoms in total. The molecular weight excluding hydrogens is 272 g/mol. The van der Waals surface area contributed by atoms with Crippen LogP contribution in [-0.4, -0.2) is 37.1 Å². The van der Waals surface area contributed by atoms with Gasteiger partial charge in [-0.2, -0.15) is 0 Å². The zero-order valence-corrected chi connectivity index (χ0v) is 12.9. The van der Waals surface area contributed by atoms with Crippen LogP contribution < -0.4 is 15.5 Å². The van der Waals surface area contributed by atoms with Crippen LogP contribution in [0.4, 0.5) is 5.13 Å². The summed E-state index contributed by atoms with van der Waals surface area (Å²) >= 11 is 1.78. The van der Waals surface area contributed by atoms with Crippen LogP contribution in [-0.2, 0) is 11.2 Å². The highest BCUT2D eigenvalue weighted by molar-refractivity contribution is 7.15. The monoisotopic (exact) mass is 294 g/mol. The summed E-state index contributed by atoms with van der Waals surface area (Å²) in [7, 11) is 2.00. The minimum atomic E-state index is -0.0654. The molecule has 2 N–H and O–H groups in total. The largest absolute Gasteiger partial charge is 0.353 e. The van der Waals surface area contributed by atoms with Gasteiger partial charge in [-0.3, -0.25) is 4.79 Å². The zero-order valence-electron chi connectivity index (χ0n) is 12.1. The van der Waals surface area contributed by atoms with Crippen molar-refractivity contribution in [3.8, 4) is 0 Å². The third-order valence-electron chi connectivity index (χ3n) is 4.25. The molecule has 3 rings (SSSR count). The van der Waals surface area contributed by atoms with E-state index in [1.54, 1.807) is 11.3 Å². The van der Waals surface area contributed by atoms with Gasteiger partial charge in [-0.1, -0.05) is 6.92 Å². The van der Waals surface area contributed by atoms with Crippen molar-refractivity contribution in [1.82, 2.24) is 15.6 Å². The average Bonchev–Trinajstić information content (AvgIpc) is 2.90. The average molecular weight is 294 g/mol. The third kappa shape index (κ3) is 2.31. The summed E-state index contributed by atoms with van der Waals surface area (Å²) in [5.41, 5.74) is 1.21. The van der Waals surface area contributed by atoms with E-state index in [9.17, 15) is 4.79 Å². The van der Waals surface area contributed by atoms with Gasteiger partial charge in [0.1, 0.15) is 6.04 Å². The number of hydrogen-bond acceptors (Lipinski definition) is 5. The number of nitrogens with one attached hydrogen (secondary N) is 2. The van der Waals surface area contributed by atoms with Crippen molar-refractivity contribution in [1.29, 1.82) is 0 Å². The second-order valence-electron chi connectivity index (χ2n) is 5.45. The number of rotatable bonds is 3. The molecule has 1 aromatic heterocycles. The number of carbonyl (C=O) groups excluding carboxylic acids is 1. The third-order valence-corrected chi connectivity index (χ3v) is 5.42. The molecule has 1 aromatic rings. The lowest BCUT2D eigenvalue weighted by Crippen LogP contribution is -2.55. The van der Waals surface area contributed by atoms with Crippen molar-refractivity contribution < 1.29 is 4.79 Å². The van der Waals surface area contributed by atoms with Crippen LogP contribution in [0.3, 0.4) is 0 Å². The van der Waals surface area contributed by atoms with Crippen LogP contribution in [0.2, 0.25) is 0 Å². The Morgan fingerprint density at radius 3 is 3.15 bits per heavy atom. The summed E-state index contributed by atoms with van der Waals surface area (Å²) in [6.07, 6.45) is 4.33. The molecule has 0 radical (unpaired) electrons. The van der Waals surface area contributed by atoms with Gasteiger partial charge in [0.05, 0.1) is 11.7 Å². The quantitative estimate of drug-likeness (QED) is 0.886. The first-order valence-electron chi connectivity index (χ1n) is 7.45. The Bertz CT molecular complexity index is 501. The lowest BCUT2D eigenvalue weighted by atomic mass is 9.98. The molecule has 1 fully saturated rings. The predicted octanol–water partition coefficient (Wildman–Crippen LogP) is 1.45. The van der Waals surface area contributed by atoms with Crippen molar-refractivity contribution in [3.05, 3.63) is 10.6 Å². The summed E-state index contributed by atoms with van der Waals surface area (Å²) in [5.74, 6) is 0.136. The highest BCUT2D eigenvalue weighted by atomic mass is 32.1. The van der Waals surface area contributed by atoms with Crippen LogP contribution in [0.15, 0.2) is 0 Å². The smallest absolute Gasteiger partial charge is 0.242 e. The van der Waals surface area contributed by atoms with Gasteiger partial charge >= 0.3 is 0 Å². The maximum Gasteiger partial charge on any atom is 0.242 e. The van der Waals surface area contributed by atoms with Crippen LogP contribution in [0.1, 0.15) is 42.8 Å². The van der Waals surface area contributed by atoms with Gasteiger partial charge in [0.25, 0.3) is 0 Å². The Labute approximate surface area is 123 Å². The molecule has 20 heavy (non-hydrogen) atoms. The van der Waals surface area contributed by atoms with E-state index in [1.807, 2.05) is 7.05 Å². The van der Waals surface area contributed by atoms with E-state index in [-0.39, 0.29) is 11.9 Å². The zero-order chi connectivity index (χ0) is 14.1. The molecule has 0 spiro atoms. The maximum atomic E-state index is 12.0.